The molecule has 0 amide bonds. The number of nitro benzene ring substituents is 1. The highest BCUT2D eigenvalue weighted by molar-refractivity contribution is 9.10. The van der Waals surface area contributed by atoms with Crippen molar-refractivity contribution >= 4 is 21.6 Å². The Morgan fingerprint density at radius 2 is 1.89 bits per heavy atom. The van der Waals surface area contributed by atoms with Crippen LogP contribution in [-0.2, 0) is 6.61 Å². The van der Waals surface area contributed by atoms with Gasteiger partial charge in [-0.1, -0.05) is 34.1 Å². The van der Waals surface area contributed by atoms with Crippen molar-refractivity contribution in [2.45, 2.75) is 6.61 Å². The zero-order valence-electron chi connectivity index (χ0n) is 9.38. The number of nitro groups is 1. The number of rotatable bonds is 4. The number of hydrogen-bond donors (Lipinski definition) is 0. The Balaban J connectivity index is 2.04. The minimum atomic E-state index is -0.438. The van der Waals surface area contributed by atoms with Gasteiger partial charge in [0.25, 0.3) is 5.69 Å². The second-order valence-corrected chi connectivity index (χ2v) is 4.59. The molecule has 92 valence electrons. The van der Waals surface area contributed by atoms with Crippen molar-refractivity contribution < 1.29 is 9.66 Å². The van der Waals surface area contributed by atoms with Crippen LogP contribution in [0.4, 0.5) is 5.69 Å². The lowest BCUT2D eigenvalue weighted by atomic mass is 10.2. The number of halogens is 1. The van der Waals surface area contributed by atoms with E-state index in [1.54, 1.807) is 12.1 Å². The molecule has 18 heavy (non-hydrogen) atoms. The minimum Gasteiger partial charge on any atom is -0.489 e. The van der Waals surface area contributed by atoms with E-state index in [0.717, 1.165) is 10.0 Å². The Morgan fingerprint density at radius 3 is 2.56 bits per heavy atom. The van der Waals surface area contributed by atoms with Crippen LogP contribution in [0.1, 0.15) is 5.56 Å². The quantitative estimate of drug-likeness (QED) is 0.635. The van der Waals surface area contributed by atoms with Gasteiger partial charge in [0, 0.05) is 10.5 Å². The van der Waals surface area contributed by atoms with E-state index >= 15 is 0 Å². The van der Waals surface area contributed by atoms with E-state index in [1.807, 2.05) is 24.3 Å². The molecule has 5 heteroatoms. The molecule has 0 unspecified atom stereocenters. The number of non-ortho nitro benzene ring substituents is 1. The standard InChI is InChI=1S/C13H10BrNO3/c14-11-6-4-10(5-7-11)9-18-13-3-1-2-12(8-13)15(16)17/h1-8H,9H2. The first-order chi connectivity index (χ1) is 8.65. The van der Waals surface area contributed by atoms with Crippen molar-refractivity contribution in [3.63, 3.8) is 0 Å². The third-order valence-electron chi connectivity index (χ3n) is 2.35. The molecule has 0 aliphatic carbocycles. The summed E-state index contributed by atoms with van der Waals surface area (Å²) in [4.78, 5) is 10.2. The van der Waals surface area contributed by atoms with Gasteiger partial charge in [0.15, 0.2) is 0 Å². The minimum absolute atomic E-state index is 0.0308. The Bertz CT molecular complexity index is 554. The van der Waals surface area contributed by atoms with Crippen LogP contribution in [-0.4, -0.2) is 4.92 Å². The third-order valence-corrected chi connectivity index (χ3v) is 2.88. The van der Waals surface area contributed by atoms with Gasteiger partial charge >= 0.3 is 0 Å². The summed E-state index contributed by atoms with van der Waals surface area (Å²) in [6, 6.07) is 13.9. The van der Waals surface area contributed by atoms with Crippen LogP contribution in [0.2, 0.25) is 0 Å². The largest absolute Gasteiger partial charge is 0.489 e. The first kappa shape index (κ1) is 12.6. The molecule has 0 atom stereocenters. The van der Waals surface area contributed by atoms with Crippen LogP contribution in [0.25, 0.3) is 0 Å². The molecule has 0 aliphatic rings. The van der Waals surface area contributed by atoms with Crippen LogP contribution >= 0.6 is 15.9 Å². The summed E-state index contributed by atoms with van der Waals surface area (Å²) in [6.07, 6.45) is 0. The molecule has 0 aliphatic heterocycles. The molecular weight excluding hydrogens is 298 g/mol. The second kappa shape index (κ2) is 5.64. The summed E-state index contributed by atoms with van der Waals surface area (Å²) in [5.74, 6) is 0.493. The van der Waals surface area contributed by atoms with Crippen LogP contribution < -0.4 is 4.74 Å². The van der Waals surface area contributed by atoms with E-state index in [2.05, 4.69) is 15.9 Å². The van der Waals surface area contributed by atoms with Crippen LogP contribution in [0, 0.1) is 10.1 Å². The van der Waals surface area contributed by atoms with E-state index in [-0.39, 0.29) is 5.69 Å². The highest BCUT2D eigenvalue weighted by Gasteiger charge is 2.06. The number of hydrogen-bond acceptors (Lipinski definition) is 3. The summed E-state index contributed by atoms with van der Waals surface area (Å²) in [5, 5.41) is 10.6. The van der Waals surface area contributed by atoms with Crippen LogP contribution in [0.15, 0.2) is 53.0 Å². The molecule has 4 nitrogen and oxygen atoms in total. The lowest BCUT2D eigenvalue weighted by molar-refractivity contribution is -0.384. The summed E-state index contributed by atoms with van der Waals surface area (Å²) >= 11 is 3.35. The first-order valence-electron chi connectivity index (χ1n) is 5.27. The molecule has 0 N–H and O–H groups in total. The molecule has 0 saturated carbocycles. The predicted octanol–water partition coefficient (Wildman–Crippen LogP) is 3.94. The maximum absolute atomic E-state index is 10.6. The highest BCUT2D eigenvalue weighted by atomic mass is 79.9. The highest BCUT2D eigenvalue weighted by Crippen LogP contribution is 2.20. The van der Waals surface area contributed by atoms with E-state index in [4.69, 9.17) is 4.74 Å². The van der Waals surface area contributed by atoms with Crippen molar-refractivity contribution in [1.82, 2.24) is 0 Å². The molecule has 0 aromatic heterocycles. The predicted molar refractivity (Wildman–Crippen MR) is 71.6 cm³/mol. The molecule has 0 saturated heterocycles. The van der Waals surface area contributed by atoms with Gasteiger partial charge in [-0.3, -0.25) is 10.1 Å². The molecular formula is C13H10BrNO3. The number of ether oxygens (including phenoxy) is 1. The van der Waals surface area contributed by atoms with Gasteiger partial charge in [-0.05, 0) is 23.8 Å². The molecule has 2 aromatic rings. The van der Waals surface area contributed by atoms with Gasteiger partial charge in [-0.2, -0.15) is 0 Å². The Kier molecular flexibility index (Phi) is 3.94. The first-order valence-corrected chi connectivity index (χ1v) is 6.06. The molecule has 0 fully saturated rings. The van der Waals surface area contributed by atoms with Gasteiger partial charge < -0.3 is 4.74 Å². The second-order valence-electron chi connectivity index (χ2n) is 3.67. The molecule has 0 bridgehead atoms. The number of benzene rings is 2. The molecule has 0 spiro atoms. The summed E-state index contributed by atoms with van der Waals surface area (Å²) < 4.78 is 6.50. The Hall–Kier alpha value is -1.88. The third kappa shape index (κ3) is 3.30. The fraction of sp³-hybridized carbons (Fsp3) is 0.0769. The van der Waals surface area contributed by atoms with Gasteiger partial charge in [0.1, 0.15) is 12.4 Å². The van der Waals surface area contributed by atoms with E-state index in [0.29, 0.717) is 12.4 Å². The van der Waals surface area contributed by atoms with E-state index in [1.165, 1.54) is 12.1 Å². The van der Waals surface area contributed by atoms with E-state index in [9.17, 15) is 10.1 Å². The summed E-state index contributed by atoms with van der Waals surface area (Å²) in [7, 11) is 0. The average Bonchev–Trinajstić information content (AvgIpc) is 2.38. The van der Waals surface area contributed by atoms with Crippen molar-refractivity contribution in [3.05, 3.63) is 68.7 Å². The van der Waals surface area contributed by atoms with Gasteiger partial charge in [0.05, 0.1) is 11.0 Å². The topological polar surface area (TPSA) is 52.4 Å². The molecule has 0 radical (unpaired) electrons. The zero-order valence-corrected chi connectivity index (χ0v) is 11.0. The molecule has 2 aromatic carbocycles. The van der Waals surface area contributed by atoms with Gasteiger partial charge in [-0.25, -0.2) is 0 Å². The van der Waals surface area contributed by atoms with Crippen LogP contribution in [0.3, 0.4) is 0 Å². The normalized spacial score (nSPS) is 10.1. The maximum atomic E-state index is 10.6. The smallest absolute Gasteiger partial charge is 0.273 e. The van der Waals surface area contributed by atoms with Crippen molar-refractivity contribution in [3.8, 4) is 5.75 Å². The lowest BCUT2D eigenvalue weighted by Crippen LogP contribution is -1.96. The number of nitrogens with zero attached hydrogens (tertiary/aromatic N) is 1. The van der Waals surface area contributed by atoms with E-state index < -0.39 is 4.92 Å². The van der Waals surface area contributed by atoms with Crippen molar-refractivity contribution in [1.29, 1.82) is 0 Å². The fourth-order valence-corrected chi connectivity index (χ4v) is 1.70. The van der Waals surface area contributed by atoms with Crippen LogP contribution in [0.5, 0.6) is 5.75 Å². The summed E-state index contributed by atoms with van der Waals surface area (Å²) in [5.41, 5.74) is 1.04. The SMILES string of the molecule is O=[N+]([O-])c1cccc(OCc2ccc(Br)cc2)c1. The zero-order chi connectivity index (χ0) is 13.0. The lowest BCUT2D eigenvalue weighted by Gasteiger charge is -2.06. The van der Waals surface area contributed by atoms with Crippen molar-refractivity contribution in [2.24, 2.45) is 0 Å². The monoisotopic (exact) mass is 307 g/mol. The Morgan fingerprint density at radius 1 is 1.17 bits per heavy atom. The summed E-state index contributed by atoms with van der Waals surface area (Å²) in [6.45, 7) is 0.383. The van der Waals surface area contributed by atoms with Gasteiger partial charge in [-0.15, -0.1) is 0 Å². The average molecular weight is 308 g/mol. The van der Waals surface area contributed by atoms with Gasteiger partial charge in [0.2, 0.25) is 0 Å². The maximum Gasteiger partial charge on any atom is 0.273 e. The van der Waals surface area contributed by atoms with Crippen molar-refractivity contribution in [2.75, 3.05) is 0 Å². The molecule has 0 heterocycles. The fourth-order valence-electron chi connectivity index (χ4n) is 1.43. The molecule has 2 rings (SSSR count). The Labute approximate surface area is 112 Å².